The molecule has 0 saturated heterocycles. The number of fused-ring (bicyclic) bond motifs is 3. The van der Waals surface area contributed by atoms with Gasteiger partial charge in [-0.25, -0.2) is 4.98 Å². The molecule has 1 aromatic heterocycles. The molecule has 0 N–H and O–H groups in total. The highest BCUT2D eigenvalue weighted by Crippen LogP contribution is 2.44. The monoisotopic (exact) mass is 609 g/mol. The third-order valence-corrected chi connectivity index (χ3v) is 9.47. The minimum atomic E-state index is 0.975. The van der Waals surface area contributed by atoms with Crippen LogP contribution in [0.3, 0.4) is 0 Å². The van der Waals surface area contributed by atoms with Crippen molar-refractivity contribution in [2.45, 2.75) is 0 Å². The molecule has 1 heteroatoms. The van der Waals surface area contributed by atoms with Crippen molar-refractivity contribution in [3.05, 3.63) is 188 Å². The molecule has 9 aromatic rings. The predicted molar refractivity (Wildman–Crippen MR) is 204 cm³/mol. The van der Waals surface area contributed by atoms with Crippen LogP contribution >= 0.6 is 0 Å². The molecule has 1 nitrogen and oxygen atoms in total. The van der Waals surface area contributed by atoms with Gasteiger partial charge in [-0.1, -0.05) is 182 Å². The van der Waals surface area contributed by atoms with Crippen LogP contribution in [0.1, 0.15) is 0 Å². The summed E-state index contributed by atoms with van der Waals surface area (Å²) in [5.74, 6) is 0. The molecule has 1 heterocycles. The maximum absolute atomic E-state index is 5.31. The Morgan fingerprint density at radius 3 is 1.21 bits per heavy atom. The predicted octanol–water partition coefficient (Wildman–Crippen LogP) is 12.9. The quantitative estimate of drug-likeness (QED) is 0.177. The van der Waals surface area contributed by atoms with Gasteiger partial charge in [0.25, 0.3) is 0 Å². The first-order valence-electron chi connectivity index (χ1n) is 16.5. The van der Waals surface area contributed by atoms with Crippen molar-refractivity contribution in [1.29, 1.82) is 0 Å². The zero-order valence-electron chi connectivity index (χ0n) is 26.3. The van der Waals surface area contributed by atoms with E-state index in [2.05, 4.69) is 188 Å². The molecule has 0 spiro atoms. The van der Waals surface area contributed by atoms with E-state index >= 15 is 0 Å². The van der Waals surface area contributed by atoms with Gasteiger partial charge in [-0.3, -0.25) is 0 Å². The summed E-state index contributed by atoms with van der Waals surface area (Å²) in [6, 6.07) is 67.4. The molecule has 48 heavy (non-hydrogen) atoms. The topological polar surface area (TPSA) is 12.9 Å². The van der Waals surface area contributed by atoms with Crippen molar-refractivity contribution in [2.75, 3.05) is 0 Å². The molecule has 8 aromatic carbocycles. The molecular weight excluding hydrogens is 579 g/mol. The Hall–Kier alpha value is -6.31. The molecular formula is C47H31N. The van der Waals surface area contributed by atoms with Gasteiger partial charge in [0.1, 0.15) is 0 Å². The number of aromatic nitrogens is 1. The molecule has 0 aliphatic carbocycles. The summed E-state index contributed by atoms with van der Waals surface area (Å²) in [5.41, 5.74) is 12.7. The Bertz CT molecular complexity index is 2510. The van der Waals surface area contributed by atoms with Gasteiger partial charge in [0.2, 0.25) is 0 Å². The molecule has 0 bridgehead atoms. The number of hydrogen-bond donors (Lipinski definition) is 0. The Kier molecular flexibility index (Phi) is 6.87. The Labute approximate surface area is 280 Å². The molecule has 0 aliphatic heterocycles. The van der Waals surface area contributed by atoms with E-state index in [0.717, 1.165) is 33.3 Å². The fraction of sp³-hybridized carbons (Fsp3) is 0. The number of hydrogen-bond acceptors (Lipinski definition) is 1. The van der Waals surface area contributed by atoms with E-state index in [1.54, 1.807) is 0 Å². The molecule has 0 atom stereocenters. The summed E-state index contributed by atoms with van der Waals surface area (Å²) in [6.45, 7) is 0. The van der Waals surface area contributed by atoms with Gasteiger partial charge in [-0.05, 0) is 66.6 Å². The summed E-state index contributed by atoms with van der Waals surface area (Å²) in [5, 5.41) is 6.20. The second-order valence-corrected chi connectivity index (χ2v) is 12.3. The number of pyridine rings is 1. The van der Waals surface area contributed by atoms with Crippen LogP contribution in [0, 0.1) is 0 Å². The first-order valence-corrected chi connectivity index (χ1v) is 16.5. The first kappa shape index (κ1) is 28.0. The van der Waals surface area contributed by atoms with Gasteiger partial charge in [0.15, 0.2) is 0 Å². The van der Waals surface area contributed by atoms with Gasteiger partial charge in [0.05, 0.1) is 11.2 Å². The lowest BCUT2D eigenvalue weighted by Gasteiger charge is -2.18. The minimum absolute atomic E-state index is 0.975. The molecule has 0 unspecified atom stereocenters. The van der Waals surface area contributed by atoms with Crippen molar-refractivity contribution in [1.82, 2.24) is 4.98 Å². The SMILES string of the molecule is c1ccc(-c2cc(-c3ccccc3)c3cccc(-c4ccc(-c5c6ccccc6c(-c6ccccc6)c6ccccc56)cc4)c3n2)cc1. The van der Waals surface area contributed by atoms with Crippen LogP contribution in [0.15, 0.2) is 188 Å². The van der Waals surface area contributed by atoms with Crippen molar-refractivity contribution in [3.8, 4) is 55.8 Å². The van der Waals surface area contributed by atoms with Crippen LogP contribution in [0.5, 0.6) is 0 Å². The van der Waals surface area contributed by atoms with Gasteiger partial charge < -0.3 is 0 Å². The van der Waals surface area contributed by atoms with E-state index < -0.39 is 0 Å². The largest absolute Gasteiger partial charge is 0.247 e. The summed E-state index contributed by atoms with van der Waals surface area (Å²) < 4.78 is 0. The fourth-order valence-electron chi connectivity index (χ4n) is 7.27. The zero-order chi connectivity index (χ0) is 31.9. The minimum Gasteiger partial charge on any atom is -0.247 e. The van der Waals surface area contributed by atoms with E-state index in [1.807, 2.05) is 0 Å². The second-order valence-electron chi connectivity index (χ2n) is 12.3. The van der Waals surface area contributed by atoms with Gasteiger partial charge in [-0.15, -0.1) is 0 Å². The van der Waals surface area contributed by atoms with Gasteiger partial charge in [-0.2, -0.15) is 0 Å². The normalized spacial score (nSPS) is 11.3. The molecule has 0 fully saturated rings. The van der Waals surface area contributed by atoms with E-state index in [9.17, 15) is 0 Å². The number of para-hydroxylation sites is 1. The van der Waals surface area contributed by atoms with Crippen molar-refractivity contribution in [3.63, 3.8) is 0 Å². The average Bonchev–Trinajstić information content (AvgIpc) is 3.17. The molecule has 0 radical (unpaired) electrons. The highest BCUT2D eigenvalue weighted by atomic mass is 14.7. The highest BCUT2D eigenvalue weighted by Gasteiger charge is 2.17. The van der Waals surface area contributed by atoms with Gasteiger partial charge in [0, 0.05) is 16.5 Å². The third-order valence-electron chi connectivity index (χ3n) is 9.47. The maximum atomic E-state index is 5.31. The average molecular weight is 610 g/mol. The summed E-state index contributed by atoms with van der Waals surface area (Å²) in [4.78, 5) is 5.31. The molecule has 0 aliphatic rings. The maximum Gasteiger partial charge on any atom is 0.0794 e. The van der Waals surface area contributed by atoms with Crippen molar-refractivity contribution in [2.24, 2.45) is 0 Å². The molecule has 9 rings (SSSR count). The summed E-state index contributed by atoms with van der Waals surface area (Å²) in [7, 11) is 0. The lowest BCUT2D eigenvalue weighted by molar-refractivity contribution is 1.39. The summed E-state index contributed by atoms with van der Waals surface area (Å²) in [6.07, 6.45) is 0. The van der Waals surface area contributed by atoms with Crippen molar-refractivity contribution >= 4 is 32.4 Å². The summed E-state index contributed by atoms with van der Waals surface area (Å²) >= 11 is 0. The number of benzene rings is 8. The molecule has 224 valence electrons. The van der Waals surface area contributed by atoms with Crippen LogP contribution in [0.2, 0.25) is 0 Å². The van der Waals surface area contributed by atoms with E-state index in [0.29, 0.717) is 0 Å². The van der Waals surface area contributed by atoms with E-state index in [4.69, 9.17) is 4.98 Å². The second kappa shape index (κ2) is 11.8. The Morgan fingerprint density at radius 2 is 0.667 bits per heavy atom. The standard InChI is InChI=1S/C47H31N/c1-4-15-32(16-5-1)43-31-44(34-17-6-2-7-18-34)48-47-37(25-14-26-42(43)47)33-27-29-36(30-28-33)46-40-23-12-10-21-38(40)45(35-19-8-3-9-20-35)39-22-11-13-24-41(39)46/h1-31H. The lowest BCUT2D eigenvalue weighted by atomic mass is 9.85. The number of nitrogens with zero attached hydrogens (tertiary/aromatic N) is 1. The van der Waals surface area contributed by atoms with Crippen LogP contribution in [-0.4, -0.2) is 4.98 Å². The van der Waals surface area contributed by atoms with E-state index in [-0.39, 0.29) is 0 Å². The highest BCUT2D eigenvalue weighted by molar-refractivity contribution is 6.21. The van der Waals surface area contributed by atoms with E-state index in [1.165, 1.54) is 54.9 Å². The van der Waals surface area contributed by atoms with Crippen LogP contribution in [0.25, 0.3) is 88.2 Å². The lowest BCUT2D eigenvalue weighted by Crippen LogP contribution is -1.93. The molecule has 0 amide bonds. The fourth-order valence-corrected chi connectivity index (χ4v) is 7.27. The zero-order valence-corrected chi connectivity index (χ0v) is 26.3. The Balaban J connectivity index is 1.24. The van der Waals surface area contributed by atoms with Crippen LogP contribution in [0.4, 0.5) is 0 Å². The van der Waals surface area contributed by atoms with Crippen LogP contribution < -0.4 is 0 Å². The smallest absolute Gasteiger partial charge is 0.0794 e. The van der Waals surface area contributed by atoms with Gasteiger partial charge >= 0.3 is 0 Å². The van der Waals surface area contributed by atoms with Crippen molar-refractivity contribution < 1.29 is 0 Å². The first-order chi connectivity index (χ1) is 23.8. The third kappa shape index (κ3) is 4.76. The Morgan fingerprint density at radius 1 is 0.271 bits per heavy atom. The number of rotatable bonds is 5. The van der Waals surface area contributed by atoms with Crippen LogP contribution in [-0.2, 0) is 0 Å². The molecule has 0 saturated carbocycles.